The lowest BCUT2D eigenvalue weighted by Crippen LogP contribution is -2.46. The average Bonchev–Trinajstić information content (AvgIpc) is 3.62. The third-order valence-electron chi connectivity index (χ3n) is 7.09. The molecule has 1 amide bonds. The Kier molecular flexibility index (Phi) is 7.74. The SMILES string of the molecule is Cc1cc(CNC(=O)COc2ccc(-c3csc4ccccc34)cc2CN2CCN(c3ccccn3)CC2)on1. The molecule has 1 aliphatic heterocycles. The largest absolute Gasteiger partial charge is 0.483 e. The van der Waals surface area contributed by atoms with Crippen molar-refractivity contribution in [1.82, 2.24) is 20.4 Å². The fourth-order valence-electron chi connectivity index (χ4n) is 5.01. The molecule has 1 N–H and O–H groups in total. The molecule has 0 aliphatic carbocycles. The monoisotopic (exact) mass is 553 g/mol. The van der Waals surface area contributed by atoms with Crippen LogP contribution < -0.4 is 15.0 Å². The van der Waals surface area contributed by atoms with Gasteiger partial charge in [-0.3, -0.25) is 9.69 Å². The Hall–Kier alpha value is -4.21. The number of amides is 1. The Balaban J connectivity index is 1.17. The summed E-state index contributed by atoms with van der Waals surface area (Å²) in [4.78, 5) is 21.8. The molecule has 4 heterocycles. The van der Waals surface area contributed by atoms with Gasteiger partial charge in [-0.15, -0.1) is 11.3 Å². The fraction of sp³-hybridized carbons (Fsp3) is 0.258. The van der Waals surface area contributed by atoms with Gasteiger partial charge in [-0.25, -0.2) is 4.98 Å². The van der Waals surface area contributed by atoms with Crippen LogP contribution in [-0.2, 0) is 17.9 Å². The highest BCUT2D eigenvalue weighted by Gasteiger charge is 2.20. The molecule has 1 fully saturated rings. The van der Waals surface area contributed by atoms with E-state index in [4.69, 9.17) is 9.26 Å². The molecule has 6 rings (SSSR count). The molecule has 40 heavy (non-hydrogen) atoms. The standard InChI is InChI=1S/C31H31N5O3S/c1-22-16-25(39-34-22)18-33-31(37)20-38-28-10-9-23(27-21-40-29-7-3-2-6-26(27)29)17-24(28)19-35-12-14-36(15-13-35)30-8-4-5-11-32-30/h2-11,16-17,21H,12-15,18-20H2,1H3,(H,33,37). The van der Waals surface area contributed by atoms with E-state index in [1.807, 2.05) is 31.3 Å². The van der Waals surface area contributed by atoms with Crippen LogP contribution in [0.4, 0.5) is 5.82 Å². The zero-order valence-corrected chi connectivity index (χ0v) is 23.2. The first kappa shape index (κ1) is 26.0. The van der Waals surface area contributed by atoms with Gasteiger partial charge in [0.1, 0.15) is 11.6 Å². The van der Waals surface area contributed by atoms with Crippen molar-refractivity contribution < 1.29 is 14.1 Å². The van der Waals surface area contributed by atoms with E-state index in [1.165, 1.54) is 15.6 Å². The van der Waals surface area contributed by atoms with Crippen LogP contribution in [0.15, 0.2) is 82.8 Å². The summed E-state index contributed by atoms with van der Waals surface area (Å²) in [5.41, 5.74) is 4.22. The summed E-state index contributed by atoms with van der Waals surface area (Å²) in [6.45, 7) is 6.43. The van der Waals surface area contributed by atoms with Crippen molar-refractivity contribution in [3.8, 4) is 16.9 Å². The molecule has 0 bridgehead atoms. The molecule has 0 atom stereocenters. The maximum absolute atomic E-state index is 12.6. The molecule has 8 nitrogen and oxygen atoms in total. The van der Waals surface area contributed by atoms with Crippen LogP contribution in [0.2, 0.25) is 0 Å². The van der Waals surface area contributed by atoms with Crippen molar-refractivity contribution in [1.29, 1.82) is 0 Å². The minimum absolute atomic E-state index is 0.0751. The molecule has 0 radical (unpaired) electrons. The fourth-order valence-corrected chi connectivity index (χ4v) is 5.98. The van der Waals surface area contributed by atoms with E-state index in [1.54, 1.807) is 17.4 Å². The number of piperazine rings is 1. The van der Waals surface area contributed by atoms with Crippen molar-refractivity contribution in [3.05, 3.63) is 95.3 Å². The molecule has 1 aliphatic rings. The van der Waals surface area contributed by atoms with E-state index < -0.39 is 0 Å². The third kappa shape index (κ3) is 6.00. The Morgan fingerprint density at radius 2 is 1.90 bits per heavy atom. The van der Waals surface area contributed by atoms with E-state index in [0.29, 0.717) is 5.76 Å². The summed E-state index contributed by atoms with van der Waals surface area (Å²) >= 11 is 1.75. The van der Waals surface area contributed by atoms with Gasteiger partial charge in [0.15, 0.2) is 12.4 Å². The summed E-state index contributed by atoms with van der Waals surface area (Å²) in [6, 6.07) is 22.6. The number of pyridine rings is 1. The van der Waals surface area contributed by atoms with E-state index in [0.717, 1.165) is 61.1 Å². The first-order valence-corrected chi connectivity index (χ1v) is 14.3. The minimum atomic E-state index is -0.211. The molecule has 1 saturated heterocycles. The van der Waals surface area contributed by atoms with E-state index in [2.05, 4.69) is 73.1 Å². The normalized spacial score (nSPS) is 14.0. The van der Waals surface area contributed by atoms with Crippen LogP contribution in [-0.4, -0.2) is 53.7 Å². The second-order valence-electron chi connectivity index (χ2n) is 9.92. The highest BCUT2D eigenvalue weighted by molar-refractivity contribution is 7.17. The molecule has 0 unspecified atom stereocenters. The molecule has 3 aromatic heterocycles. The molecular formula is C31H31N5O3S. The highest BCUT2D eigenvalue weighted by atomic mass is 32.1. The zero-order chi connectivity index (χ0) is 27.3. The van der Waals surface area contributed by atoms with E-state index in [9.17, 15) is 4.79 Å². The van der Waals surface area contributed by atoms with Crippen LogP contribution in [0.25, 0.3) is 21.2 Å². The number of thiophene rings is 1. The number of carbonyl (C=O) groups excluding carboxylic acids is 1. The molecule has 204 valence electrons. The van der Waals surface area contributed by atoms with Gasteiger partial charge in [0.2, 0.25) is 0 Å². The first-order chi connectivity index (χ1) is 19.6. The quantitative estimate of drug-likeness (QED) is 0.266. The number of nitrogens with zero attached hydrogens (tertiary/aromatic N) is 4. The van der Waals surface area contributed by atoms with Crippen LogP contribution in [0, 0.1) is 6.92 Å². The van der Waals surface area contributed by atoms with Crippen molar-refractivity contribution in [2.75, 3.05) is 37.7 Å². The first-order valence-electron chi connectivity index (χ1n) is 13.4. The van der Waals surface area contributed by atoms with Crippen molar-refractivity contribution in [2.45, 2.75) is 20.0 Å². The number of benzene rings is 2. The van der Waals surface area contributed by atoms with Gasteiger partial charge in [-0.05, 0) is 48.2 Å². The topological polar surface area (TPSA) is 83.7 Å². The molecule has 9 heteroatoms. The number of ether oxygens (including phenoxy) is 1. The number of carbonyl (C=O) groups is 1. The number of rotatable bonds is 9. The number of anilines is 1. The molecule has 0 spiro atoms. The van der Waals surface area contributed by atoms with Gasteiger partial charge in [0.25, 0.3) is 5.91 Å². The molecular weight excluding hydrogens is 522 g/mol. The predicted octanol–water partition coefficient (Wildman–Crippen LogP) is 5.28. The van der Waals surface area contributed by atoms with Gasteiger partial charge >= 0.3 is 0 Å². The van der Waals surface area contributed by atoms with Crippen LogP contribution in [0.3, 0.4) is 0 Å². The lowest BCUT2D eigenvalue weighted by atomic mass is 10.0. The van der Waals surface area contributed by atoms with Crippen LogP contribution >= 0.6 is 11.3 Å². The van der Waals surface area contributed by atoms with E-state index in [-0.39, 0.29) is 19.1 Å². The number of hydrogen-bond acceptors (Lipinski definition) is 8. The molecule has 5 aromatic rings. The Bertz CT molecular complexity index is 1590. The molecule has 0 saturated carbocycles. The van der Waals surface area contributed by atoms with Crippen molar-refractivity contribution in [3.63, 3.8) is 0 Å². The Morgan fingerprint density at radius 1 is 1.05 bits per heavy atom. The van der Waals surface area contributed by atoms with Crippen molar-refractivity contribution >= 4 is 33.1 Å². The average molecular weight is 554 g/mol. The summed E-state index contributed by atoms with van der Waals surface area (Å²) < 4.78 is 12.5. The lowest BCUT2D eigenvalue weighted by molar-refractivity contribution is -0.123. The van der Waals surface area contributed by atoms with Crippen LogP contribution in [0.5, 0.6) is 5.75 Å². The summed E-state index contributed by atoms with van der Waals surface area (Å²) in [5, 5.41) is 10.2. The number of aromatic nitrogens is 2. The maximum atomic E-state index is 12.6. The molecule has 2 aromatic carbocycles. The number of nitrogens with one attached hydrogen (secondary N) is 1. The van der Waals surface area contributed by atoms with Crippen molar-refractivity contribution in [2.24, 2.45) is 0 Å². The zero-order valence-electron chi connectivity index (χ0n) is 22.4. The number of fused-ring (bicyclic) bond motifs is 1. The number of hydrogen-bond donors (Lipinski definition) is 1. The summed E-state index contributed by atoms with van der Waals surface area (Å²) in [5.74, 6) is 2.14. The Morgan fingerprint density at radius 3 is 2.70 bits per heavy atom. The van der Waals surface area contributed by atoms with Gasteiger partial charge < -0.3 is 19.5 Å². The van der Waals surface area contributed by atoms with Gasteiger partial charge in [0, 0.05) is 66.2 Å². The smallest absolute Gasteiger partial charge is 0.258 e. The lowest BCUT2D eigenvalue weighted by Gasteiger charge is -2.35. The van der Waals surface area contributed by atoms with Crippen LogP contribution in [0.1, 0.15) is 17.0 Å². The summed E-state index contributed by atoms with van der Waals surface area (Å²) in [7, 11) is 0. The maximum Gasteiger partial charge on any atom is 0.258 e. The van der Waals surface area contributed by atoms with Gasteiger partial charge in [-0.1, -0.05) is 35.5 Å². The van der Waals surface area contributed by atoms with Gasteiger partial charge in [0.05, 0.1) is 12.2 Å². The summed E-state index contributed by atoms with van der Waals surface area (Å²) in [6.07, 6.45) is 1.84. The third-order valence-corrected chi connectivity index (χ3v) is 8.05. The second kappa shape index (κ2) is 11.9. The highest BCUT2D eigenvalue weighted by Crippen LogP contribution is 2.36. The van der Waals surface area contributed by atoms with E-state index >= 15 is 0 Å². The Labute approximate surface area is 237 Å². The second-order valence-corrected chi connectivity index (χ2v) is 10.8. The van der Waals surface area contributed by atoms with Gasteiger partial charge in [-0.2, -0.15) is 0 Å². The number of aryl methyl sites for hydroxylation is 1. The minimum Gasteiger partial charge on any atom is -0.483 e. The predicted molar refractivity (Wildman–Crippen MR) is 158 cm³/mol.